The lowest BCUT2D eigenvalue weighted by atomic mass is 10.1. The van der Waals surface area contributed by atoms with E-state index in [9.17, 15) is 9.59 Å². The summed E-state index contributed by atoms with van der Waals surface area (Å²) >= 11 is 0. The Labute approximate surface area is 116 Å². The van der Waals surface area contributed by atoms with Crippen LogP contribution in [-0.4, -0.2) is 26.9 Å². The first-order chi connectivity index (χ1) is 9.45. The van der Waals surface area contributed by atoms with Crippen LogP contribution in [0.3, 0.4) is 0 Å². The van der Waals surface area contributed by atoms with Gasteiger partial charge in [0, 0.05) is 31.1 Å². The normalized spacial score (nSPS) is 10.6. The molecule has 0 aliphatic heterocycles. The second kappa shape index (κ2) is 5.32. The molecule has 6 nitrogen and oxygen atoms in total. The second-order valence-electron chi connectivity index (χ2n) is 4.53. The molecule has 0 aliphatic carbocycles. The van der Waals surface area contributed by atoms with Gasteiger partial charge in [-0.05, 0) is 26.3 Å². The number of carbonyl (C=O) groups excluding carboxylic acids is 1. The van der Waals surface area contributed by atoms with Crippen molar-refractivity contribution in [2.24, 2.45) is 7.05 Å². The molecule has 20 heavy (non-hydrogen) atoms. The molecule has 0 fully saturated rings. The lowest BCUT2D eigenvalue weighted by Gasteiger charge is -2.13. The molecule has 0 radical (unpaired) electrons. The lowest BCUT2D eigenvalue weighted by Crippen LogP contribution is -2.25. The Hall–Kier alpha value is -2.37. The Morgan fingerprint density at radius 1 is 1.40 bits per heavy atom. The van der Waals surface area contributed by atoms with E-state index < -0.39 is 5.97 Å². The van der Waals surface area contributed by atoms with Crippen molar-refractivity contribution in [3.63, 3.8) is 0 Å². The minimum Gasteiger partial charge on any atom is -0.462 e. The van der Waals surface area contributed by atoms with Crippen LogP contribution in [0.25, 0.3) is 5.82 Å². The topological polar surface area (TPSA) is 66.1 Å². The van der Waals surface area contributed by atoms with Crippen LogP contribution in [0.1, 0.15) is 28.5 Å². The minimum atomic E-state index is -0.424. The highest BCUT2D eigenvalue weighted by molar-refractivity contribution is 5.92. The SMILES string of the molecule is CCOC(=O)c1c(C)cc(=O)n(-c2ccn(C)n2)c1C. The van der Waals surface area contributed by atoms with Gasteiger partial charge in [0.05, 0.1) is 12.2 Å². The van der Waals surface area contributed by atoms with Crippen molar-refractivity contribution in [3.8, 4) is 5.82 Å². The predicted octanol–water partition coefficient (Wildman–Crippen LogP) is 1.36. The van der Waals surface area contributed by atoms with Crippen LogP contribution in [-0.2, 0) is 11.8 Å². The first-order valence-electron chi connectivity index (χ1n) is 6.36. The number of ether oxygens (including phenoxy) is 1. The number of carbonyl (C=O) groups is 1. The average Bonchev–Trinajstić information content (AvgIpc) is 2.75. The molecule has 0 aromatic carbocycles. The van der Waals surface area contributed by atoms with E-state index in [2.05, 4.69) is 5.10 Å². The Bertz CT molecular complexity index is 713. The van der Waals surface area contributed by atoms with Gasteiger partial charge in [-0.2, -0.15) is 5.10 Å². The quantitative estimate of drug-likeness (QED) is 0.793. The summed E-state index contributed by atoms with van der Waals surface area (Å²) in [7, 11) is 1.77. The molecule has 0 aliphatic rings. The van der Waals surface area contributed by atoms with Crippen molar-refractivity contribution in [2.75, 3.05) is 6.61 Å². The molecule has 0 spiro atoms. The van der Waals surface area contributed by atoms with Gasteiger partial charge in [-0.3, -0.25) is 14.0 Å². The van der Waals surface area contributed by atoms with Crippen molar-refractivity contribution in [2.45, 2.75) is 20.8 Å². The Balaban J connectivity index is 2.67. The number of pyridine rings is 1. The van der Waals surface area contributed by atoms with E-state index in [1.165, 1.54) is 10.6 Å². The van der Waals surface area contributed by atoms with Gasteiger partial charge in [0.2, 0.25) is 0 Å². The van der Waals surface area contributed by atoms with Crippen molar-refractivity contribution in [1.82, 2.24) is 14.3 Å². The van der Waals surface area contributed by atoms with Crippen molar-refractivity contribution >= 4 is 5.97 Å². The number of aromatic nitrogens is 3. The molecular weight excluding hydrogens is 258 g/mol. The summed E-state index contributed by atoms with van der Waals surface area (Å²) in [6.07, 6.45) is 1.74. The highest BCUT2D eigenvalue weighted by Crippen LogP contribution is 2.15. The van der Waals surface area contributed by atoms with E-state index in [0.717, 1.165) is 0 Å². The van der Waals surface area contributed by atoms with Gasteiger partial charge >= 0.3 is 5.97 Å². The molecule has 0 atom stereocenters. The molecular formula is C14H17N3O3. The summed E-state index contributed by atoms with van der Waals surface area (Å²) in [5, 5.41) is 4.21. The van der Waals surface area contributed by atoms with Crippen LogP contribution in [0, 0.1) is 13.8 Å². The highest BCUT2D eigenvalue weighted by atomic mass is 16.5. The summed E-state index contributed by atoms with van der Waals surface area (Å²) in [5.41, 5.74) is 1.34. The molecule has 2 aromatic heterocycles. The zero-order valence-corrected chi connectivity index (χ0v) is 12.0. The van der Waals surface area contributed by atoms with E-state index in [1.807, 2.05) is 0 Å². The summed E-state index contributed by atoms with van der Waals surface area (Å²) in [6, 6.07) is 3.15. The molecule has 0 bridgehead atoms. The third-order valence-electron chi connectivity index (χ3n) is 3.06. The third-order valence-corrected chi connectivity index (χ3v) is 3.06. The molecule has 2 rings (SSSR count). The molecule has 6 heteroatoms. The third kappa shape index (κ3) is 2.36. The van der Waals surface area contributed by atoms with Crippen LogP contribution < -0.4 is 5.56 Å². The number of rotatable bonds is 3. The maximum atomic E-state index is 12.2. The van der Waals surface area contributed by atoms with Gasteiger partial charge in [-0.25, -0.2) is 4.79 Å². The molecule has 0 unspecified atom stereocenters. The summed E-state index contributed by atoms with van der Waals surface area (Å²) < 4.78 is 8.06. The standard InChI is InChI=1S/C14H17N3O3/c1-5-20-14(19)13-9(2)8-12(18)17(10(13)3)11-6-7-16(4)15-11/h6-8H,5H2,1-4H3. The Morgan fingerprint density at radius 3 is 2.65 bits per heavy atom. The Morgan fingerprint density at radius 2 is 2.10 bits per heavy atom. The fraction of sp³-hybridized carbons (Fsp3) is 0.357. The molecule has 2 heterocycles. The highest BCUT2D eigenvalue weighted by Gasteiger charge is 2.19. The van der Waals surface area contributed by atoms with Crippen LogP contribution in [0.4, 0.5) is 0 Å². The van der Waals surface area contributed by atoms with Crippen molar-refractivity contribution in [1.29, 1.82) is 0 Å². The molecule has 106 valence electrons. The number of aryl methyl sites for hydroxylation is 2. The van der Waals surface area contributed by atoms with Gasteiger partial charge in [-0.15, -0.1) is 0 Å². The first-order valence-corrected chi connectivity index (χ1v) is 6.36. The van der Waals surface area contributed by atoms with Crippen LogP contribution >= 0.6 is 0 Å². The monoisotopic (exact) mass is 275 g/mol. The van der Waals surface area contributed by atoms with E-state index >= 15 is 0 Å². The fourth-order valence-corrected chi connectivity index (χ4v) is 2.20. The fourth-order valence-electron chi connectivity index (χ4n) is 2.20. The second-order valence-corrected chi connectivity index (χ2v) is 4.53. The zero-order valence-electron chi connectivity index (χ0n) is 12.0. The Kier molecular flexibility index (Phi) is 3.74. The number of esters is 1. The summed E-state index contributed by atoms with van der Waals surface area (Å²) in [5.74, 6) is 0.0627. The molecule has 0 N–H and O–H groups in total. The van der Waals surface area contributed by atoms with E-state index in [1.54, 1.807) is 44.8 Å². The minimum absolute atomic E-state index is 0.216. The van der Waals surface area contributed by atoms with E-state index in [0.29, 0.717) is 29.2 Å². The number of hydrogen-bond acceptors (Lipinski definition) is 4. The van der Waals surface area contributed by atoms with Crippen LogP contribution in [0.5, 0.6) is 0 Å². The average molecular weight is 275 g/mol. The largest absolute Gasteiger partial charge is 0.462 e. The predicted molar refractivity (Wildman–Crippen MR) is 74.2 cm³/mol. The number of nitrogens with zero attached hydrogens (tertiary/aromatic N) is 3. The lowest BCUT2D eigenvalue weighted by molar-refractivity contribution is 0.0523. The van der Waals surface area contributed by atoms with E-state index in [4.69, 9.17) is 4.74 Å². The molecule has 2 aromatic rings. The van der Waals surface area contributed by atoms with Crippen LogP contribution in [0.15, 0.2) is 23.1 Å². The maximum absolute atomic E-state index is 12.2. The van der Waals surface area contributed by atoms with Crippen molar-refractivity contribution < 1.29 is 9.53 Å². The molecule has 0 saturated carbocycles. The van der Waals surface area contributed by atoms with Gasteiger partial charge in [-0.1, -0.05) is 0 Å². The smallest absolute Gasteiger partial charge is 0.340 e. The first kappa shape index (κ1) is 14.0. The van der Waals surface area contributed by atoms with Gasteiger partial charge in [0.15, 0.2) is 5.82 Å². The van der Waals surface area contributed by atoms with Gasteiger partial charge in [0.1, 0.15) is 0 Å². The van der Waals surface area contributed by atoms with Gasteiger partial charge in [0.25, 0.3) is 5.56 Å². The van der Waals surface area contributed by atoms with Crippen molar-refractivity contribution in [3.05, 3.63) is 45.5 Å². The van der Waals surface area contributed by atoms with E-state index in [-0.39, 0.29) is 5.56 Å². The summed E-state index contributed by atoms with van der Waals surface area (Å²) in [4.78, 5) is 24.2. The zero-order chi connectivity index (χ0) is 14.9. The summed E-state index contributed by atoms with van der Waals surface area (Å²) in [6.45, 7) is 5.48. The number of hydrogen-bond donors (Lipinski definition) is 0. The molecule has 0 saturated heterocycles. The van der Waals surface area contributed by atoms with Gasteiger partial charge < -0.3 is 4.74 Å². The maximum Gasteiger partial charge on any atom is 0.340 e. The van der Waals surface area contributed by atoms with Crippen LogP contribution in [0.2, 0.25) is 0 Å². The molecule has 0 amide bonds.